The highest BCUT2D eigenvalue weighted by atomic mass is 19.1. The summed E-state index contributed by atoms with van der Waals surface area (Å²) in [5.41, 5.74) is 1.98. The molecule has 3 heterocycles. The molecule has 0 bridgehead atoms. The summed E-state index contributed by atoms with van der Waals surface area (Å²) >= 11 is 0. The first-order valence-corrected chi connectivity index (χ1v) is 9.84. The van der Waals surface area contributed by atoms with E-state index in [1.165, 1.54) is 13.2 Å². The number of carbonyl (C=O) groups excluding carboxylic acids is 1. The molecule has 0 saturated carbocycles. The zero-order valence-corrected chi connectivity index (χ0v) is 16.8. The highest BCUT2D eigenvalue weighted by Crippen LogP contribution is 2.45. The average molecular weight is 399 g/mol. The van der Waals surface area contributed by atoms with Crippen LogP contribution < -0.4 is 4.74 Å². The van der Waals surface area contributed by atoms with Crippen molar-refractivity contribution < 1.29 is 18.7 Å². The van der Waals surface area contributed by atoms with Crippen molar-refractivity contribution in [3.63, 3.8) is 0 Å². The number of rotatable bonds is 6. The number of likely N-dealkylation sites (tertiary alicyclic amines) is 2. The van der Waals surface area contributed by atoms with E-state index < -0.39 is 0 Å². The van der Waals surface area contributed by atoms with E-state index in [0.717, 1.165) is 30.8 Å². The Hall–Kier alpha value is -2.51. The molecular weight excluding hydrogens is 373 g/mol. The van der Waals surface area contributed by atoms with Crippen LogP contribution in [0.5, 0.6) is 5.88 Å². The molecular formula is C22H26FN3O3. The van der Waals surface area contributed by atoms with Gasteiger partial charge in [0.25, 0.3) is 0 Å². The molecule has 0 radical (unpaired) electrons. The van der Waals surface area contributed by atoms with Gasteiger partial charge in [0.2, 0.25) is 11.8 Å². The predicted octanol–water partition coefficient (Wildman–Crippen LogP) is 2.51. The van der Waals surface area contributed by atoms with Gasteiger partial charge in [-0.1, -0.05) is 18.2 Å². The van der Waals surface area contributed by atoms with Gasteiger partial charge in [-0.25, -0.2) is 9.37 Å². The van der Waals surface area contributed by atoms with Crippen LogP contribution in [0.25, 0.3) is 0 Å². The molecule has 0 unspecified atom stereocenters. The molecule has 1 amide bonds. The van der Waals surface area contributed by atoms with E-state index >= 15 is 0 Å². The molecule has 2 fully saturated rings. The topological polar surface area (TPSA) is 54.9 Å². The van der Waals surface area contributed by atoms with Crippen molar-refractivity contribution in [1.82, 2.24) is 14.8 Å². The molecule has 154 valence electrons. The fourth-order valence-corrected chi connectivity index (χ4v) is 4.73. The Morgan fingerprint density at radius 1 is 1.21 bits per heavy atom. The minimum absolute atomic E-state index is 0.0398. The zero-order chi connectivity index (χ0) is 20.4. The molecule has 6 nitrogen and oxygen atoms in total. The van der Waals surface area contributed by atoms with Crippen molar-refractivity contribution in [1.29, 1.82) is 0 Å². The monoisotopic (exact) mass is 399 g/mol. The molecule has 1 aromatic heterocycles. The lowest BCUT2D eigenvalue weighted by Crippen LogP contribution is -2.37. The van der Waals surface area contributed by atoms with Gasteiger partial charge in [-0.15, -0.1) is 0 Å². The van der Waals surface area contributed by atoms with Gasteiger partial charge in [0.1, 0.15) is 12.4 Å². The number of ether oxygens (including phenoxy) is 2. The molecule has 0 N–H and O–H groups in total. The van der Waals surface area contributed by atoms with Crippen molar-refractivity contribution in [3.05, 3.63) is 59.5 Å². The Morgan fingerprint density at radius 2 is 2.07 bits per heavy atom. The SMILES string of the molecule is COCC(=O)N1C[C@H]2CN(Cc3ccc(OC)nc3)C[C@H]2[C@@H]1c1cccc(F)c1. The van der Waals surface area contributed by atoms with E-state index in [4.69, 9.17) is 9.47 Å². The van der Waals surface area contributed by atoms with Crippen LogP contribution in [0.1, 0.15) is 17.2 Å². The minimum atomic E-state index is -0.274. The van der Waals surface area contributed by atoms with Crippen LogP contribution in [0.15, 0.2) is 42.6 Å². The molecule has 2 aliphatic heterocycles. The zero-order valence-electron chi connectivity index (χ0n) is 16.8. The summed E-state index contributed by atoms with van der Waals surface area (Å²) in [5.74, 6) is 0.913. The fraction of sp³-hybridized carbons (Fsp3) is 0.455. The van der Waals surface area contributed by atoms with Crippen LogP contribution in [0, 0.1) is 17.7 Å². The highest BCUT2D eigenvalue weighted by molar-refractivity contribution is 5.78. The Labute approximate surface area is 170 Å². The summed E-state index contributed by atoms with van der Waals surface area (Å²) in [6.45, 7) is 3.28. The number of benzene rings is 1. The van der Waals surface area contributed by atoms with Crippen LogP contribution >= 0.6 is 0 Å². The second-order valence-corrected chi connectivity index (χ2v) is 7.81. The van der Waals surface area contributed by atoms with Gasteiger partial charge in [-0.2, -0.15) is 0 Å². The van der Waals surface area contributed by atoms with E-state index in [2.05, 4.69) is 9.88 Å². The Balaban J connectivity index is 1.52. The predicted molar refractivity (Wildman–Crippen MR) is 106 cm³/mol. The van der Waals surface area contributed by atoms with E-state index in [1.807, 2.05) is 29.3 Å². The van der Waals surface area contributed by atoms with Crippen molar-refractivity contribution in [2.24, 2.45) is 11.8 Å². The molecule has 1 aromatic carbocycles. The van der Waals surface area contributed by atoms with E-state index in [0.29, 0.717) is 18.3 Å². The molecule has 3 atom stereocenters. The van der Waals surface area contributed by atoms with Crippen LogP contribution in [-0.4, -0.2) is 61.2 Å². The number of pyridine rings is 1. The second-order valence-electron chi connectivity index (χ2n) is 7.81. The highest BCUT2D eigenvalue weighted by Gasteiger charge is 2.48. The molecule has 2 aliphatic rings. The molecule has 0 spiro atoms. The lowest BCUT2D eigenvalue weighted by Gasteiger charge is -2.30. The summed E-state index contributed by atoms with van der Waals surface area (Å²) in [4.78, 5) is 21.2. The first-order chi connectivity index (χ1) is 14.1. The molecule has 0 aliphatic carbocycles. The molecule has 29 heavy (non-hydrogen) atoms. The van der Waals surface area contributed by atoms with Crippen molar-refractivity contribution in [3.8, 4) is 5.88 Å². The van der Waals surface area contributed by atoms with Crippen LogP contribution in [0.4, 0.5) is 4.39 Å². The van der Waals surface area contributed by atoms with Gasteiger partial charge in [-0.3, -0.25) is 9.69 Å². The number of hydrogen-bond acceptors (Lipinski definition) is 5. The van der Waals surface area contributed by atoms with Gasteiger partial charge < -0.3 is 14.4 Å². The average Bonchev–Trinajstić information content (AvgIpc) is 3.26. The number of amides is 1. The lowest BCUT2D eigenvalue weighted by atomic mass is 9.89. The first kappa shape index (κ1) is 19.8. The standard InChI is InChI=1S/C22H26FN3O3/c1-28-14-21(27)26-12-17-11-25(10-15-6-7-20(29-2)24-9-15)13-19(17)22(26)16-4-3-5-18(23)8-16/h3-9,17,19,22H,10-14H2,1-2H3/t17-,19-,22+/m1/s1. The van der Waals surface area contributed by atoms with Crippen molar-refractivity contribution in [2.75, 3.05) is 40.5 Å². The number of nitrogens with zero attached hydrogens (tertiary/aromatic N) is 3. The number of aromatic nitrogens is 1. The Bertz CT molecular complexity index is 861. The fourth-order valence-electron chi connectivity index (χ4n) is 4.73. The number of fused-ring (bicyclic) bond motifs is 1. The number of halogens is 1. The van der Waals surface area contributed by atoms with Crippen LogP contribution in [-0.2, 0) is 16.1 Å². The summed E-state index contributed by atoms with van der Waals surface area (Å²) < 4.78 is 24.1. The minimum Gasteiger partial charge on any atom is -0.481 e. The smallest absolute Gasteiger partial charge is 0.249 e. The van der Waals surface area contributed by atoms with Gasteiger partial charge in [0.15, 0.2) is 0 Å². The Kier molecular flexibility index (Phi) is 5.78. The van der Waals surface area contributed by atoms with Crippen LogP contribution in [0.3, 0.4) is 0 Å². The Morgan fingerprint density at radius 3 is 2.76 bits per heavy atom. The van der Waals surface area contributed by atoms with E-state index in [9.17, 15) is 9.18 Å². The van der Waals surface area contributed by atoms with Gasteiger partial charge in [-0.05, 0) is 29.2 Å². The number of hydrogen-bond donors (Lipinski definition) is 0. The largest absolute Gasteiger partial charge is 0.481 e. The van der Waals surface area contributed by atoms with E-state index in [-0.39, 0.29) is 30.3 Å². The van der Waals surface area contributed by atoms with Crippen LogP contribution in [0.2, 0.25) is 0 Å². The van der Waals surface area contributed by atoms with Gasteiger partial charge in [0.05, 0.1) is 13.2 Å². The molecule has 4 rings (SSSR count). The van der Waals surface area contributed by atoms with Gasteiger partial charge >= 0.3 is 0 Å². The van der Waals surface area contributed by atoms with Crippen molar-refractivity contribution >= 4 is 5.91 Å². The maximum Gasteiger partial charge on any atom is 0.249 e. The third-order valence-corrected chi connectivity index (χ3v) is 5.93. The second kappa shape index (κ2) is 8.47. The summed E-state index contributed by atoms with van der Waals surface area (Å²) in [5, 5.41) is 0. The normalized spacial score (nSPS) is 24.0. The summed E-state index contributed by atoms with van der Waals surface area (Å²) in [7, 11) is 3.13. The number of carbonyl (C=O) groups is 1. The quantitative estimate of drug-likeness (QED) is 0.747. The van der Waals surface area contributed by atoms with Gasteiger partial charge in [0, 0.05) is 51.5 Å². The summed E-state index contributed by atoms with van der Waals surface area (Å²) in [6, 6.07) is 10.4. The molecule has 2 saturated heterocycles. The van der Waals surface area contributed by atoms with E-state index in [1.54, 1.807) is 19.2 Å². The van der Waals surface area contributed by atoms with Crippen molar-refractivity contribution in [2.45, 2.75) is 12.6 Å². The lowest BCUT2D eigenvalue weighted by molar-refractivity contribution is -0.136. The third kappa shape index (κ3) is 4.11. The maximum absolute atomic E-state index is 13.9. The number of methoxy groups -OCH3 is 2. The third-order valence-electron chi connectivity index (χ3n) is 5.93. The first-order valence-electron chi connectivity index (χ1n) is 9.84. The maximum atomic E-state index is 13.9. The molecule has 7 heteroatoms. The summed E-state index contributed by atoms with van der Waals surface area (Å²) in [6.07, 6.45) is 1.84. The molecule has 2 aromatic rings.